The van der Waals surface area contributed by atoms with Gasteiger partial charge in [-0.15, -0.1) is 24.8 Å². The molecule has 1 amide bonds. The number of piperidine rings is 1. The van der Waals surface area contributed by atoms with E-state index in [0.29, 0.717) is 19.0 Å². The zero-order chi connectivity index (χ0) is 18.5. The molecule has 1 aromatic carbocycles. The van der Waals surface area contributed by atoms with Crippen LogP contribution in [0.15, 0.2) is 12.1 Å². The van der Waals surface area contributed by atoms with Gasteiger partial charge in [-0.1, -0.05) is 12.1 Å². The van der Waals surface area contributed by atoms with Crippen LogP contribution in [0.2, 0.25) is 0 Å². The van der Waals surface area contributed by atoms with Crippen molar-refractivity contribution < 1.29 is 14.3 Å². The molecule has 0 aromatic heterocycles. The fourth-order valence-corrected chi connectivity index (χ4v) is 4.41. The summed E-state index contributed by atoms with van der Waals surface area (Å²) in [7, 11) is 1.73. The highest BCUT2D eigenvalue weighted by atomic mass is 35.5. The highest BCUT2D eigenvalue weighted by Crippen LogP contribution is 2.40. The fourth-order valence-electron chi connectivity index (χ4n) is 4.41. The first-order valence-electron chi connectivity index (χ1n) is 9.59. The molecule has 8 heteroatoms. The fraction of sp³-hybridized carbons (Fsp3) is 0.650. The lowest BCUT2D eigenvalue weighted by Crippen LogP contribution is -2.43. The van der Waals surface area contributed by atoms with E-state index in [1.165, 1.54) is 5.56 Å². The second-order valence-corrected chi connectivity index (χ2v) is 7.34. The Bertz CT molecular complexity index is 625. The zero-order valence-corrected chi connectivity index (χ0v) is 18.3. The molecule has 0 aliphatic carbocycles. The Morgan fingerprint density at radius 2 is 2.04 bits per heavy atom. The molecule has 0 radical (unpaired) electrons. The largest absolute Gasteiger partial charge is 0.496 e. The van der Waals surface area contributed by atoms with Crippen LogP contribution in [0.5, 0.6) is 5.75 Å². The molecule has 1 fully saturated rings. The summed E-state index contributed by atoms with van der Waals surface area (Å²) in [4.78, 5) is 13.2. The molecule has 0 saturated carbocycles. The minimum absolute atomic E-state index is 0. The Hall–Kier alpha value is -1.05. The van der Waals surface area contributed by atoms with Gasteiger partial charge in [0.2, 0.25) is 6.41 Å². The first-order chi connectivity index (χ1) is 12.7. The lowest BCUT2D eigenvalue weighted by atomic mass is 9.83. The summed E-state index contributed by atoms with van der Waals surface area (Å²) in [6.07, 6.45) is 3.91. The van der Waals surface area contributed by atoms with Crippen LogP contribution in [0.25, 0.3) is 0 Å². The molecule has 2 heterocycles. The van der Waals surface area contributed by atoms with Gasteiger partial charge in [0.25, 0.3) is 0 Å². The van der Waals surface area contributed by atoms with Crippen molar-refractivity contribution in [2.75, 3.05) is 39.8 Å². The highest BCUT2D eigenvalue weighted by molar-refractivity contribution is 5.85. The number of likely N-dealkylation sites (tertiary alicyclic amines) is 1. The van der Waals surface area contributed by atoms with Crippen molar-refractivity contribution in [3.05, 3.63) is 28.8 Å². The third kappa shape index (κ3) is 5.51. The number of benzene rings is 1. The molecule has 3 N–H and O–H groups in total. The van der Waals surface area contributed by atoms with E-state index in [0.717, 1.165) is 62.2 Å². The predicted molar refractivity (Wildman–Crippen MR) is 116 cm³/mol. The van der Waals surface area contributed by atoms with E-state index in [9.17, 15) is 4.79 Å². The Morgan fingerprint density at radius 1 is 1.32 bits per heavy atom. The van der Waals surface area contributed by atoms with E-state index in [1.807, 2.05) is 0 Å². The molecule has 1 aromatic rings. The second-order valence-electron chi connectivity index (χ2n) is 7.34. The number of nitrogens with two attached hydrogens (primary N) is 1. The molecule has 6 nitrogen and oxygen atoms in total. The summed E-state index contributed by atoms with van der Waals surface area (Å²) in [5, 5.41) is 2.79. The maximum absolute atomic E-state index is 10.8. The molecular formula is C20H33Cl2N3O3. The first kappa shape index (κ1) is 25.0. The van der Waals surface area contributed by atoms with Crippen LogP contribution in [0.1, 0.15) is 35.6 Å². The van der Waals surface area contributed by atoms with Crippen molar-refractivity contribution in [2.24, 2.45) is 11.7 Å². The van der Waals surface area contributed by atoms with Crippen LogP contribution in [0.4, 0.5) is 0 Å². The number of hydrogen-bond donors (Lipinski definition) is 2. The maximum Gasteiger partial charge on any atom is 0.207 e. The Morgan fingerprint density at radius 3 is 2.64 bits per heavy atom. The number of halogens is 2. The quantitative estimate of drug-likeness (QED) is 0.644. The van der Waals surface area contributed by atoms with Crippen LogP contribution in [0, 0.1) is 12.8 Å². The molecule has 3 rings (SSSR count). The van der Waals surface area contributed by atoms with Crippen LogP contribution in [0.3, 0.4) is 0 Å². The van der Waals surface area contributed by atoms with Crippen LogP contribution in [-0.2, 0) is 16.0 Å². The minimum Gasteiger partial charge on any atom is -0.496 e. The maximum atomic E-state index is 10.8. The molecule has 160 valence electrons. The van der Waals surface area contributed by atoms with E-state index in [4.69, 9.17) is 15.2 Å². The second kappa shape index (κ2) is 11.8. The van der Waals surface area contributed by atoms with Crippen LogP contribution in [-0.4, -0.2) is 57.2 Å². The van der Waals surface area contributed by atoms with Crippen molar-refractivity contribution in [1.29, 1.82) is 0 Å². The van der Waals surface area contributed by atoms with E-state index in [2.05, 4.69) is 29.3 Å². The van der Waals surface area contributed by atoms with Gasteiger partial charge in [0.05, 0.1) is 13.2 Å². The van der Waals surface area contributed by atoms with Crippen molar-refractivity contribution >= 4 is 31.2 Å². The van der Waals surface area contributed by atoms with Crippen molar-refractivity contribution in [2.45, 2.75) is 38.4 Å². The Balaban J connectivity index is 0.00000196. The highest BCUT2D eigenvalue weighted by Gasteiger charge is 2.35. The van der Waals surface area contributed by atoms with Gasteiger partial charge in [0.1, 0.15) is 11.9 Å². The van der Waals surface area contributed by atoms with Gasteiger partial charge in [-0.25, -0.2) is 0 Å². The number of carbonyl (C=O) groups excluding carboxylic acids is 1. The summed E-state index contributed by atoms with van der Waals surface area (Å²) in [5.74, 6) is 1.49. The summed E-state index contributed by atoms with van der Waals surface area (Å²) in [6, 6.07) is 4.19. The molecule has 2 atom stereocenters. The number of ether oxygens (including phenoxy) is 2. The third-order valence-electron chi connectivity index (χ3n) is 5.78. The monoisotopic (exact) mass is 433 g/mol. The summed E-state index contributed by atoms with van der Waals surface area (Å²) in [5.41, 5.74) is 9.21. The number of nitrogens with zero attached hydrogens (tertiary/aromatic N) is 1. The number of aryl methyl sites for hydroxylation is 1. The number of fused-ring (bicyclic) bond motifs is 1. The molecule has 1 saturated heterocycles. The lowest BCUT2D eigenvalue weighted by Gasteiger charge is -2.41. The number of nitrogens with one attached hydrogen (secondary N) is 1. The number of carbonyl (C=O) groups is 1. The lowest BCUT2D eigenvalue weighted by molar-refractivity contribution is -0.111. The molecule has 0 bridgehead atoms. The molecule has 0 unspecified atom stereocenters. The molecule has 2 aliphatic rings. The molecule has 0 spiro atoms. The van der Waals surface area contributed by atoms with Crippen LogP contribution >= 0.6 is 24.8 Å². The standard InChI is InChI=1S/C20H31N3O3.2ClH/c1-14-3-4-16-17(20(14)25-2)11-18(26-19(16)12-22-13-24)15-5-8-23(9-6-15)10-7-21;;/h3-4,13,15,18-19H,5-12,21H2,1-2H3,(H,22,24);2*1H/t18-,19-;;/m0../s1. The smallest absolute Gasteiger partial charge is 0.207 e. The van der Waals surface area contributed by atoms with Crippen molar-refractivity contribution in [3.63, 3.8) is 0 Å². The Kier molecular flexibility index (Phi) is 10.6. The minimum atomic E-state index is -0.120. The SMILES string of the molecule is COc1c(C)ccc2c1C[C@@H](C1CCN(CCN)CC1)O[C@H]2CNC=O.Cl.Cl. The third-order valence-corrected chi connectivity index (χ3v) is 5.78. The predicted octanol–water partition coefficient (Wildman–Crippen LogP) is 2.25. The summed E-state index contributed by atoms with van der Waals surface area (Å²) in [6.45, 7) is 6.42. The number of methoxy groups -OCH3 is 1. The summed E-state index contributed by atoms with van der Waals surface area (Å²) >= 11 is 0. The molecule has 28 heavy (non-hydrogen) atoms. The van der Waals surface area contributed by atoms with Gasteiger partial charge in [-0.3, -0.25) is 4.79 Å². The van der Waals surface area contributed by atoms with Gasteiger partial charge in [-0.2, -0.15) is 0 Å². The van der Waals surface area contributed by atoms with E-state index < -0.39 is 0 Å². The number of amides is 1. The average Bonchev–Trinajstić information content (AvgIpc) is 2.66. The van der Waals surface area contributed by atoms with Crippen LogP contribution < -0.4 is 15.8 Å². The van der Waals surface area contributed by atoms with E-state index in [-0.39, 0.29) is 37.0 Å². The average molecular weight is 434 g/mol. The molecule has 2 aliphatic heterocycles. The number of rotatable bonds is 7. The van der Waals surface area contributed by atoms with E-state index in [1.54, 1.807) is 7.11 Å². The van der Waals surface area contributed by atoms with Gasteiger partial charge in [-0.05, 0) is 49.9 Å². The summed E-state index contributed by atoms with van der Waals surface area (Å²) < 4.78 is 12.2. The van der Waals surface area contributed by atoms with Gasteiger partial charge < -0.3 is 25.4 Å². The van der Waals surface area contributed by atoms with E-state index >= 15 is 0 Å². The van der Waals surface area contributed by atoms with Crippen molar-refractivity contribution in [3.8, 4) is 5.75 Å². The van der Waals surface area contributed by atoms with Gasteiger partial charge in [0.15, 0.2) is 0 Å². The normalized spacial score (nSPS) is 22.4. The van der Waals surface area contributed by atoms with Gasteiger partial charge >= 0.3 is 0 Å². The zero-order valence-electron chi connectivity index (χ0n) is 16.7. The van der Waals surface area contributed by atoms with Gasteiger partial charge in [0, 0.05) is 31.6 Å². The molecular weight excluding hydrogens is 401 g/mol. The Labute approximate surface area is 180 Å². The first-order valence-corrected chi connectivity index (χ1v) is 9.59. The number of hydrogen-bond acceptors (Lipinski definition) is 5. The topological polar surface area (TPSA) is 76.8 Å². The van der Waals surface area contributed by atoms with Crippen molar-refractivity contribution in [1.82, 2.24) is 10.2 Å².